The molecule has 1 aromatic carbocycles. The van der Waals surface area contributed by atoms with E-state index in [0.717, 1.165) is 5.56 Å². The maximum Gasteiger partial charge on any atom is 0.323 e. The van der Waals surface area contributed by atoms with E-state index >= 15 is 0 Å². The predicted molar refractivity (Wildman–Crippen MR) is 94.6 cm³/mol. The van der Waals surface area contributed by atoms with Gasteiger partial charge in [-0.25, -0.2) is 13.4 Å². The maximum atomic E-state index is 12.4. The molecule has 0 amide bonds. The number of carboxylic acid groups (broad SMARTS) is 2. The highest BCUT2D eigenvalue weighted by Crippen LogP contribution is 2.10. The highest BCUT2D eigenvalue weighted by atomic mass is 32.2. The van der Waals surface area contributed by atoms with E-state index in [1.54, 1.807) is 19.1 Å². The maximum absolute atomic E-state index is 12.4. The molecule has 5 N–H and O–H groups in total. The summed E-state index contributed by atoms with van der Waals surface area (Å²) in [6, 6.07) is 3.24. The lowest BCUT2D eigenvalue weighted by Gasteiger charge is -2.19. The van der Waals surface area contributed by atoms with Crippen molar-refractivity contribution in [2.24, 2.45) is 0 Å². The van der Waals surface area contributed by atoms with E-state index in [1.165, 1.54) is 24.7 Å². The number of nitrogens with one attached hydrogen (secondary N) is 3. The fraction of sp³-hybridized carbons (Fsp3) is 0.312. The van der Waals surface area contributed by atoms with Crippen LogP contribution in [0.3, 0.4) is 0 Å². The number of carboxylic acids is 2. The van der Waals surface area contributed by atoms with E-state index in [2.05, 4.69) is 20.0 Å². The normalized spacial score (nSPS) is 13.8. The molecule has 0 aliphatic carbocycles. The van der Waals surface area contributed by atoms with Crippen LogP contribution >= 0.6 is 0 Å². The number of carbonyl (C=O) groups is 2. The average Bonchev–Trinajstić information content (AvgIpc) is 3.10. The number of aliphatic carboxylic acids is 2. The summed E-state index contributed by atoms with van der Waals surface area (Å²) in [6.07, 6.45) is 2.92. The van der Waals surface area contributed by atoms with Gasteiger partial charge in [0.05, 0.1) is 16.9 Å². The van der Waals surface area contributed by atoms with Crippen molar-refractivity contribution < 1.29 is 28.2 Å². The number of imidazole rings is 1. The zero-order valence-corrected chi connectivity index (χ0v) is 15.2. The van der Waals surface area contributed by atoms with Crippen molar-refractivity contribution >= 4 is 22.0 Å². The molecular weight excluding hydrogens is 376 g/mol. The van der Waals surface area contributed by atoms with Crippen LogP contribution < -0.4 is 10.0 Å². The van der Waals surface area contributed by atoms with Crippen molar-refractivity contribution in [1.82, 2.24) is 20.0 Å². The third kappa shape index (κ3) is 5.88. The first-order valence-electron chi connectivity index (χ1n) is 7.94. The lowest BCUT2D eigenvalue weighted by atomic mass is 10.1. The number of rotatable bonds is 10. The van der Waals surface area contributed by atoms with Gasteiger partial charge in [0.25, 0.3) is 0 Å². The Bertz CT molecular complexity index is 880. The second kappa shape index (κ2) is 8.75. The molecule has 1 aromatic heterocycles. The molecule has 0 bridgehead atoms. The first-order valence-corrected chi connectivity index (χ1v) is 9.43. The van der Waals surface area contributed by atoms with E-state index in [-0.39, 0.29) is 11.3 Å². The van der Waals surface area contributed by atoms with Crippen molar-refractivity contribution in [3.8, 4) is 0 Å². The van der Waals surface area contributed by atoms with E-state index in [9.17, 15) is 28.2 Å². The molecule has 2 atom stereocenters. The lowest BCUT2D eigenvalue weighted by molar-refractivity contribution is -0.141. The fourth-order valence-electron chi connectivity index (χ4n) is 2.27. The number of aryl methyl sites for hydroxylation is 1. The fourth-order valence-corrected chi connectivity index (χ4v) is 3.46. The Kier molecular flexibility index (Phi) is 6.66. The lowest BCUT2D eigenvalue weighted by Crippen LogP contribution is -2.51. The molecule has 0 saturated carbocycles. The largest absolute Gasteiger partial charge is 0.480 e. The Morgan fingerprint density at radius 2 is 1.78 bits per heavy atom. The van der Waals surface area contributed by atoms with Crippen molar-refractivity contribution in [3.05, 3.63) is 48.0 Å². The molecule has 0 saturated heterocycles. The number of hydrogen-bond acceptors (Lipinski definition) is 6. The van der Waals surface area contributed by atoms with Crippen LogP contribution in [0.1, 0.15) is 11.3 Å². The number of hydrogen-bond donors (Lipinski definition) is 5. The van der Waals surface area contributed by atoms with E-state index in [4.69, 9.17) is 0 Å². The smallest absolute Gasteiger partial charge is 0.323 e. The summed E-state index contributed by atoms with van der Waals surface area (Å²) >= 11 is 0. The number of H-pyrrole nitrogens is 1. The van der Waals surface area contributed by atoms with Gasteiger partial charge in [0.15, 0.2) is 0 Å². The van der Waals surface area contributed by atoms with Gasteiger partial charge < -0.3 is 20.5 Å². The highest BCUT2D eigenvalue weighted by molar-refractivity contribution is 7.89. The SMILES string of the molecule is Cc1ccc(S(=O)(=O)N[C@@H](CN[C@@H](Cc2c[nH]cn2)C(=O)O)C(=O)O)cc1. The minimum Gasteiger partial charge on any atom is -0.480 e. The summed E-state index contributed by atoms with van der Waals surface area (Å²) in [7, 11) is -4.07. The zero-order chi connectivity index (χ0) is 20.0. The van der Waals surface area contributed by atoms with Crippen molar-refractivity contribution in [2.75, 3.05) is 6.54 Å². The number of benzene rings is 1. The third-order valence-corrected chi connectivity index (χ3v) is 5.25. The first-order chi connectivity index (χ1) is 12.7. The standard InChI is InChI=1S/C16H20N4O6S/c1-10-2-4-12(5-3-10)27(25,26)20-14(16(23)24)8-18-13(15(21)22)6-11-7-17-9-19-11/h2-5,7,9,13-14,18,20H,6,8H2,1H3,(H,17,19)(H,21,22)(H,23,24)/t13-,14-/m0/s1. The topological polar surface area (TPSA) is 161 Å². The third-order valence-electron chi connectivity index (χ3n) is 3.76. The minimum absolute atomic E-state index is 0.00981. The molecule has 0 unspecified atom stereocenters. The molecule has 0 fully saturated rings. The molecule has 27 heavy (non-hydrogen) atoms. The Morgan fingerprint density at radius 1 is 1.15 bits per heavy atom. The van der Waals surface area contributed by atoms with Gasteiger partial charge >= 0.3 is 11.9 Å². The Balaban J connectivity index is 2.06. The molecule has 1 heterocycles. The van der Waals surface area contributed by atoms with Crippen molar-refractivity contribution in [1.29, 1.82) is 0 Å². The van der Waals surface area contributed by atoms with E-state index in [1.807, 2.05) is 0 Å². The Hall–Kier alpha value is -2.76. The predicted octanol–water partition coefficient (Wildman–Crippen LogP) is -0.265. The van der Waals surface area contributed by atoms with Crippen LogP contribution in [-0.4, -0.2) is 59.2 Å². The monoisotopic (exact) mass is 396 g/mol. The molecule has 0 radical (unpaired) electrons. The minimum atomic E-state index is -4.07. The van der Waals surface area contributed by atoms with Crippen LogP contribution in [0.4, 0.5) is 0 Å². The summed E-state index contributed by atoms with van der Waals surface area (Å²) < 4.78 is 26.8. The summed E-state index contributed by atoms with van der Waals surface area (Å²) in [5.41, 5.74) is 1.33. The van der Waals surface area contributed by atoms with Crippen LogP contribution in [0.15, 0.2) is 41.7 Å². The molecule has 146 valence electrons. The average molecular weight is 396 g/mol. The van der Waals surface area contributed by atoms with Gasteiger partial charge in [0, 0.05) is 19.2 Å². The molecule has 2 aromatic rings. The number of sulfonamides is 1. The van der Waals surface area contributed by atoms with E-state index < -0.39 is 40.6 Å². The summed E-state index contributed by atoms with van der Waals surface area (Å²) in [5, 5.41) is 21.1. The van der Waals surface area contributed by atoms with Crippen LogP contribution in [-0.2, 0) is 26.0 Å². The Morgan fingerprint density at radius 3 is 2.30 bits per heavy atom. The van der Waals surface area contributed by atoms with Crippen molar-refractivity contribution in [3.63, 3.8) is 0 Å². The molecule has 11 heteroatoms. The second-order valence-corrected chi connectivity index (χ2v) is 7.60. The van der Waals surface area contributed by atoms with Gasteiger partial charge in [-0.05, 0) is 19.1 Å². The van der Waals surface area contributed by atoms with Gasteiger partial charge in [0.2, 0.25) is 10.0 Å². The number of aromatic nitrogens is 2. The van der Waals surface area contributed by atoms with Gasteiger partial charge in [0.1, 0.15) is 12.1 Å². The van der Waals surface area contributed by atoms with Crippen LogP contribution in [0, 0.1) is 6.92 Å². The van der Waals surface area contributed by atoms with Gasteiger partial charge in [-0.15, -0.1) is 0 Å². The quantitative estimate of drug-likeness (QED) is 0.367. The van der Waals surface area contributed by atoms with E-state index in [0.29, 0.717) is 5.69 Å². The highest BCUT2D eigenvalue weighted by Gasteiger charge is 2.27. The van der Waals surface area contributed by atoms with Crippen molar-refractivity contribution in [2.45, 2.75) is 30.3 Å². The summed E-state index contributed by atoms with van der Waals surface area (Å²) in [4.78, 5) is 29.3. The number of aromatic amines is 1. The molecule has 2 rings (SSSR count). The van der Waals surface area contributed by atoms with Crippen LogP contribution in [0.2, 0.25) is 0 Å². The van der Waals surface area contributed by atoms with Gasteiger partial charge in [-0.2, -0.15) is 4.72 Å². The molecular formula is C16H20N4O6S. The molecule has 10 nitrogen and oxygen atoms in total. The Labute approximate surface area is 155 Å². The first kappa shape index (κ1) is 20.6. The molecule has 0 aliphatic heterocycles. The van der Waals surface area contributed by atoms with Crippen LogP contribution in [0.5, 0.6) is 0 Å². The zero-order valence-electron chi connectivity index (χ0n) is 14.4. The molecule has 0 spiro atoms. The second-order valence-electron chi connectivity index (χ2n) is 5.89. The summed E-state index contributed by atoms with van der Waals surface area (Å²) in [5.74, 6) is -2.63. The summed E-state index contributed by atoms with van der Waals surface area (Å²) in [6.45, 7) is 1.38. The van der Waals surface area contributed by atoms with Crippen LogP contribution in [0.25, 0.3) is 0 Å². The van der Waals surface area contributed by atoms with Gasteiger partial charge in [-0.3, -0.25) is 9.59 Å². The molecule has 0 aliphatic rings. The van der Waals surface area contributed by atoms with Gasteiger partial charge in [-0.1, -0.05) is 17.7 Å². The number of nitrogens with zero attached hydrogens (tertiary/aromatic N) is 1.